The Hall–Kier alpha value is -1.13. The van der Waals surface area contributed by atoms with Gasteiger partial charge in [-0.25, -0.2) is 4.39 Å². The number of benzene rings is 1. The molecular weight excluding hydrogens is 281 g/mol. The van der Waals surface area contributed by atoms with Crippen LogP contribution in [0.15, 0.2) is 18.2 Å². The van der Waals surface area contributed by atoms with Gasteiger partial charge in [0.2, 0.25) is 0 Å². The van der Waals surface area contributed by atoms with Gasteiger partial charge in [0.15, 0.2) is 0 Å². The van der Waals surface area contributed by atoms with Crippen molar-refractivity contribution >= 4 is 17.5 Å². The van der Waals surface area contributed by atoms with E-state index < -0.39 is 17.3 Å². The molecule has 0 aromatic heterocycles. The van der Waals surface area contributed by atoms with E-state index in [-0.39, 0.29) is 17.1 Å². The number of rotatable bonds is 3. The summed E-state index contributed by atoms with van der Waals surface area (Å²) < 4.78 is 13.3. The molecule has 5 heteroatoms. The van der Waals surface area contributed by atoms with Crippen LogP contribution in [0.5, 0.6) is 0 Å². The zero-order valence-corrected chi connectivity index (χ0v) is 12.2. The van der Waals surface area contributed by atoms with Gasteiger partial charge in [0.05, 0.1) is 16.2 Å². The van der Waals surface area contributed by atoms with Crippen LogP contribution in [0.3, 0.4) is 0 Å². The molecule has 1 aliphatic rings. The Labute approximate surface area is 123 Å². The predicted octanol–water partition coefficient (Wildman–Crippen LogP) is 3.15. The maximum absolute atomic E-state index is 13.3. The van der Waals surface area contributed by atoms with Gasteiger partial charge in [-0.05, 0) is 30.9 Å². The molecule has 0 spiro atoms. The summed E-state index contributed by atoms with van der Waals surface area (Å²) in [6.07, 6.45) is 3.40. The lowest BCUT2D eigenvalue weighted by Gasteiger charge is -2.35. The first-order valence-corrected chi connectivity index (χ1v) is 7.24. The average molecular weight is 300 g/mol. The number of nitrogens with one attached hydrogen (secondary N) is 1. The zero-order chi connectivity index (χ0) is 14.8. The summed E-state index contributed by atoms with van der Waals surface area (Å²) in [5.74, 6) is -0.631. The van der Waals surface area contributed by atoms with Crippen molar-refractivity contribution in [3.05, 3.63) is 34.6 Å². The van der Waals surface area contributed by atoms with Gasteiger partial charge < -0.3 is 10.4 Å². The molecule has 1 aliphatic carbocycles. The first-order chi connectivity index (χ1) is 9.41. The Morgan fingerprint density at radius 1 is 1.60 bits per heavy atom. The molecule has 1 fully saturated rings. The van der Waals surface area contributed by atoms with Crippen LogP contribution in [0.25, 0.3) is 0 Å². The van der Waals surface area contributed by atoms with Crippen LogP contribution < -0.4 is 5.32 Å². The van der Waals surface area contributed by atoms with Crippen molar-refractivity contribution in [2.24, 2.45) is 5.92 Å². The van der Waals surface area contributed by atoms with E-state index in [1.807, 2.05) is 0 Å². The number of carbonyl (C=O) groups excluding carboxylic acids is 1. The van der Waals surface area contributed by atoms with E-state index in [9.17, 15) is 14.3 Å². The highest BCUT2D eigenvalue weighted by Crippen LogP contribution is 2.31. The summed E-state index contributed by atoms with van der Waals surface area (Å²) in [6, 6.07) is 4.11. The molecule has 110 valence electrons. The molecule has 2 unspecified atom stereocenters. The van der Waals surface area contributed by atoms with E-state index in [1.54, 1.807) is 0 Å². The first-order valence-electron chi connectivity index (χ1n) is 6.86. The van der Waals surface area contributed by atoms with Gasteiger partial charge in [-0.2, -0.15) is 0 Å². The van der Waals surface area contributed by atoms with E-state index in [0.29, 0.717) is 18.8 Å². The fourth-order valence-corrected chi connectivity index (χ4v) is 3.02. The highest BCUT2D eigenvalue weighted by Gasteiger charge is 2.33. The number of carbonyl (C=O) groups is 1. The van der Waals surface area contributed by atoms with Crippen LogP contribution in [0.4, 0.5) is 4.39 Å². The van der Waals surface area contributed by atoms with Gasteiger partial charge in [-0.1, -0.05) is 37.4 Å². The third-order valence-electron chi connectivity index (χ3n) is 3.84. The maximum atomic E-state index is 13.3. The van der Waals surface area contributed by atoms with Crippen LogP contribution in [0.1, 0.15) is 43.0 Å². The molecule has 1 amide bonds. The fourth-order valence-electron chi connectivity index (χ4n) is 2.81. The Bertz CT molecular complexity index is 509. The number of hydrogen-bond donors (Lipinski definition) is 2. The molecule has 1 aromatic rings. The standard InChI is InChI=1S/C15H19ClFNO2/c1-10-4-3-7-15(20,8-10)9-18-14(19)11-5-2-6-12(17)13(11)16/h2,5-6,10,20H,3-4,7-9H2,1H3,(H,18,19). The molecular formula is C15H19ClFNO2. The minimum Gasteiger partial charge on any atom is -0.388 e. The molecule has 20 heavy (non-hydrogen) atoms. The molecule has 2 N–H and O–H groups in total. The summed E-state index contributed by atoms with van der Waals surface area (Å²) in [4.78, 5) is 12.0. The van der Waals surface area contributed by atoms with E-state index >= 15 is 0 Å². The van der Waals surface area contributed by atoms with Gasteiger partial charge in [-0.15, -0.1) is 0 Å². The van der Waals surface area contributed by atoms with Crippen molar-refractivity contribution in [2.75, 3.05) is 6.54 Å². The van der Waals surface area contributed by atoms with Crippen molar-refractivity contribution in [3.63, 3.8) is 0 Å². The lowest BCUT2D eigenvalue weighted by Crippen LogP contribution is -2.45. The van der Waals surface area contributed by atoms with Crippen molar-refractivity contribution < 1.29 is 14.3 Å². The highest BCUT2D eigenvalue weighted by atomic mass is 35.5. The Balaban J connectivity index is 2.00. The molecule has 2 rings (SSSR count). The SMILES string of the molecule is CC1CCCC(O)(CNC(=O)c2cccc(F)c2Cl)C1. The summed E-state index contributed by atoms with van der Waals surface area (Å²) in [5, 5.41) is 12.9. The van der Waals surface area contributed by atoms with E-state index in [4.69, 9.17) is 11.6 Å². The van der Waals surface area contributed by atoms with Gasteiger partial charge in [-0.3, -0.25) is 4.79 Å². The Kier molecular flexibility index (Phi) is 4.66. The molecule has 0 bridgehead atoms. The third-order valence-corrected chi connectivity index (χ3v) is 4.23. The van der Waals surface area contributed by atoms with Crippen LogP contribution in [-0.2, 0) is 0 Å². The average Bonchev–Trinajstić information content (AvgIpc) is 2.39. The smallest absolute Gasteiger partial charge is 0.253 e. The molecule has 0 radical (unpaired) electrons. The van der Waals surface area contributed by atoms with Gasteiger partial charge in [0.1, 0.15) is 5.82 Å². The van der Waals surface area contributed by atoms with Crippen LogP contribution >= 0.6 is 11.6 Å². The minimum atomic E-state index is -0.868. The minimum absolute atomic E-state index is 0.0964. The number of halogens is 2. The molecule has 3 nitrogen and oxygen atoms in total. The van der Waals surface area contributed by atoms with Crippen molar-refractivity contribution in [2.45, 2.75) is 38.2 Å². The summed E-state index contributed by atoms with van der Waals surface area (Å²) in [5.41, 5.74) is -0.772. The Morgan fingerprint density at radius 2 is 2.35 bits per heavy atom. The van der Waals surface area contributed by atoms with Crippen LogP contribution in [-0.4, -0.2) is 23.2 Å². The number of hydrogen-bond acceptors (Lipinski definition) is 2. The van der Waals surface area contributed by atoms with Crippen molar-refractivity contribution in [1.82, 2.24) is 5.32 Å². The van der Waals surface area contributed by atoms with E-state index in [1.165, 1.54) is 18.2 Å². The zero-order valence-electron chi connectivity index (χ0n) is 11.5. The maximum Gasteiger partial charge on any atom is 0.253 e. The van der Waals surface area contributed by atoms with Gasteiger partial charge in [0, 0.05) is 6.54 Å². The topological polar surface area (TPSA) is 49.3 Å². The normalized spacial score (nSPS) is 26.3. The summed E-state index contributed by atoms with van der Waals surface area (Å²) >= 11 is 5.77. The van der Waals surface area contributed by atoms with Gasteiger partial charge in [0.25, 0.3) is 5.91 Å². The van der Waals surface area contributed by atoms with E-state index in [0.717, 1.165) is 12.8 Å². The van der Waals surface area contributed by atoms with E-state index in [2.05, 4.69) is 12.2 Å². The Morgan fingerprint density at radius 3 is 3.05 bits per heavy atom. The summed E-state index contributed by atoms with van der Waals surface area (Å²) in [7, 11) is 0. The second-order valence-electron chi connectivity index (χ2n) is 5.71. The molecule has 1 saturated carbocycles. The van der Waals surface area contributed by atoms with Crippen molar-refractivity contribution in [1.29, 1.82) is 0 Å². The van der Waals surface area contributed by atoms with Gasteiger partial charge >= 0.3 is 0 Å². The predicted molar refractivity (Wildman–Crippen MR) is 76.3 cm³/mol. The van der Waals surface area contributed by atoms with Crippen LogP contribution in [0, 0.1) is 11.7 Å². The first kappa shape index (κ1) is 15.3. The van der Waals surface area contributed by atoms with Crippen LogP contribution in [0.2, 0.25) is 5.02 Å². The molecule has 0 aliphatic heterocycles. The number of aliphatic hydroxyl groups is 1. The summed E-state index contributed by atoms with van der Waals surface area (Å²) in [6.45, 7) is 2.26. The third kappa shape index (κ3) is 3.49. The van der Waals surface area contributed by atoms with Crippen molar-refractivity contribution in [3.8, 4) is 0 Å². The molecule has 0 heterocycles. The molecule has 0 saturated heterocycles. The largest absolute Gasteiger partial charge is 0.388 e. The lowest BCUT2D eigenvalue weighted by molar-refractivity contribution is -0.0109. The molecule has 1 aromatic carbocycles. The second-order valence-corrected chi connectivity index (χ2v) is 6.09. The monoisotopic (exact) mass is 299 g/mol. The lowest BCUT2D eigenvalue weighted by atomic mass is 9.79. The number of amides is 1. The second kappa shape index (κ2) is 6.10. The molecule has 2 atom stereocenters. The highest BCUT2D eigenvalue weighted by molar-refractivity contribution is 6.34. The fraction of sp³-hybridized carbons (Fsp3) is 0.533. The quantitative estimate of drug-likeness (QED) is 0.901.